The topological polar surface area (TPSA) is 85.2 Å². The van der Waals surface area contributed by atoms with E-state index in [-0.39, 0.29) is 19.2 Å². The largest absolute Gasteiger partial charge is 0.854 e. The monoisotopic (exact) mass is 337 g/mol. The van der Waals surface area contributed by atoms with Crippen LogP contribution in [0.15, 0.2) is 24.5 Å². The zero-order valence-electron chi connectivity index (χ0n) is 13.5. The van der Waals surface area contributed by atoms with Crippen molar-refractivity contribution in [3.05, 3.63) is 35.2 Å². The maximum atomic E-state index is 10.5. The molecule has 0 amide bonds. The zero-order chi connectivity index (χ0) is 17.0. The van der Waals surface area contributed by atoms with Gasteiger partial charge >= 0.3 is 0 Å². The third kappa shape index (κ3) is 4.45. The number of aromatic nitrogens is 2. The molecule has 0 aliphatic rings. The van der Waals surface area contributed by atoms with Crippen molar-refractivity contribution in [2.75, 3.05) is 18.5 Å². The number of hydrogen-bond acceptors (Lipinski definition) is 5. The highest BCUT2D eigenvalue weighted by Gasteiger charge is 2.15. The minimum Gasteiger partial charge on any atom is -0.854 e. The first-order valence-electron chi connectivity index (χ1n) is 7.50. The van der Waals surface area contributed by atoms with E-state index in [9.17, 15) is 10.2 Å². The van der Waals surface area contributed by atoms with Crippen LogP contribution in [0.2, 0.25) is 5.02 Å². The van der Waals surface area contributed by atoms with Gasteiger partial charge in [0.05, 0.1) is 10.7 Å². The van der Waals surface area contributed by atoms with Gasteiger partial charge in [-0.1, -0.05) is 11.6 Å². The Kier molecular flexibility index (Phi) is 6.01. The van der Waals surface area contributed by atoms with Gasteiger partial charge in [0.1, 0.15) is 12.0 Å². The van der Waals surface area contributed by atoms with Crippen molar-refractivity contribution >= 4 is 17.4 Å². The number of aryl methyl sites for hydroxylation is 1. The number of anilines is 1. The fourth-order valence-corrected chi connectivity index (χ4v) is 2.55. The van der Waals surface area contributed by atoms with Crippen molar-refractivity contribution < 1.29 is 10.2 Å². The van der Waals surface area contributed by atoms with Crippen LogP contribution in [-0.2, 0) is 7.05 Å². The molecule has 0 aromatic carbocycles. The molecular weight excluding hydrogens is 316 g/mol. The van der Waals surface area contributed by atoms with Gasteiger partial charge in [0.15, 0.2) is 0 Å². The van der Waals surface area contributed by atoms with Crippen molar-refractivity contribution in [1.82, 2.24) is 14.9 Å². The van der Waals surface area contributed by atoms with Crippen molar-refractivity contribution in [3.8, 4) is 11.1 Å². The van der Waals surface area contributed by atoms with Gasteiger partial charge in [-0.05, 0) is 32.5 Å². The van der Waals surface area contributed by atoms with E-state index in [1.54, 1.807) is 6.20 Å². The number of aliphatic hydroxyl groups excluding tert-OH is 1. The molecule has 0 saturated carbocycles. The number of nitrogens with zero attached hydrogens (tertiary/aromatic N) is 2. The molecule has 0 spiro atoms. The minimum atomic E-state index is -0.892. The summed E-state index contributed by atoms with van der Waals surface area (Å²) >= 11 is 6.27. The molecule has 2 heterocycles. The average molecular weight is 338 g/mol. The van der Waals surface area contributed by atoms with E-state index in [2.05, 4.69) is 15.6 Å². The third-order valence-electron chi connectivity index (χ3n) is 3.37. The van der Waals surface area contributed by atoms with Crippen LogP contribution in [0.4, 0.5) is 5.82 Å². The van der Waals surface area contributed by atoms with Gasteiger partial charge in [0.25, 0.3) is 0 Å². The van der Waals surface area contributed by atoms with Crippen LogP contribution in [-0.4, -0.2) is 33.9 Å². The summed E-state index contributed by atoms with van der Waals surface area (Å²) in [5, 5.41) is 27.2. The molecule has 6 nitrogen and oxygen atoms in total. The third-order valence-corrected chi connectivity index (χ3v) is 3.67. The second-order valence-electron chi connectivity index (χ2n) is 5.67. The Hall–Kier alpha value is -1.60. The predicted molar refractivity (Wildman–Crippen MR) is 90.2 cm³/mol. The maximum absolute atomic E-state index is 10.5. The Morgan fingerprint density at radius 1 is 1.39 bits per heavy atom. The summed E-state index contributed by atoms with van der Waals surface area (Å²) in [6.07, 6.45) is 2.61. The molecule has 0 saturated heterocycles. The van der Waals surface area contributed by atoms with Crippen LogP contribution < -0.4 is 15.7 Å². The van der Waals surface area contributed by atoms with Crippen LogP contribution in [0.5, 0.6) is 0 Å². The van der Waals surface area contributed by atoms with E-state index < -0.39 is 6.23 Å². The predicted octanol–water partition coefficient (Wildman–Crippen LogP) is 1.50. The van der Waals surface area contributed by atoms with Gasteiger partial charge in [-0.2, -0.15) is 0 Å². The zero-order valence-corrected chi connectivity index (χ0v) is 14.3. The highest BCUT2D eigenvalue weighted by molar-refractivity contribution is 6.33. The number of aliphatic hydroxyl groups is 1. The van der Waals surface area contributed by atoms with Crippen LogP contribution in [0, 0.1) is 0 Å². The number of nitrogens with one attached hydrogen (secondary N) is 2. The Labute approximate surface area is 141 Å². The lowest BCUT2D eigenvalue weighted by atomic mass is 10.1. The van der Waals surface area contributed by atoms with Gasteiger partial charge < -0.3 is 20.1 Å². The second-order valence-corrected chi connectivity index (χ2v) is 6.08. The van der Waals surface area contributed by atoms with Crippen LogP contribution in [0.1, 0.15) is 25.8 Å². The Morgan fingerprint density at radius 2 is 2.13 bits per heavy atom. The molecule has 0 fully saturated rings. The second kappa shape index (κ2) is 7.79. The van der Waals surface area contributed by atoms with Gasteiger partial charge in [-0.25, -0.2) is 4.98 Å². The molecule has 2 rings (SSSR count). The fraction of sp³-hybridized carbons (Fsp3) is 0.438. The van der Waals surface area contributed by atoms with E-state index >= 15 is 0 Å². The van der Waals surface area contributed by atoms with E-state index in [1.165, 1.54) is 0 Å². The van der Waals surface area contributed by atoms with Crippen LogP contribution in [0.3, 0.4) is 0 Å². The number of halogens is 1. The first kappa shape index (κ1) is 17.7. The SMILES string of the molecule is CC(C)Nc1cc(-c2cc(C(O)NCC[O-])n(C)c2)c(Cl)cn1. The first-order chi connectivity index (χ1) is 10.9. The van der Waals surface area contributed by atoms with E-state index in [0.717, 1.165) is 16.9 Å². The van der Waals surface area contributed by atoms with Crippen LogP contribution >= 0.6 is 11.6 Å². The van der Waals surface area contributed by atoms with Gasteiger partial charge in [0.2, 0.25) is 0 Å². The standard InChI is InChI=1S/C16H22ClN4O2/c1-10(2)20-15-7-12(13(17)8-19-15)11-6-14(21(3)9-11)16(23)18-4-5-22/h6-10,16,18,23H,4-5H2,1-3H3,(H,19,20)/q-1. The summed E-state index contributed by atoms with van der Waals surface area (Å²) < 4.78 is 1.81. The molecule has 0 aliphatic heterocycles. The summed E-state index contributed by atoms with van der Waals surface area (Å²) in [4.78, 5) is 4.26. The molecule has 1 atom stereocenters. The molecule has 1 unspecified atom stereocenters. The lowest BCUT2D eigenvalue weighted by Gasteiger charge is -2.14. The molecule has 7 heteroatoms. The molecule has 126 valence electrons. The van der Waals surface area contributed by atoms with Crippen molar-refractivity contribution in [1.29, 1.82) is 0 Å². The number of rotatable bonds is 7. The smallest absolute Gasteiger partial charge is 0.146 e. The molecule has 0 radical (unpaired) electrons. The summed E-state index contributed by atoms with van der Waals surface area (Å²) in [5.74, 6) is 0.745. The molecule has 0 bridgehead atoms. The number of hydrogen-bond donors (Lipinski definition) is 3. The Balaban J connectivity index is 2.31. The lowest BCUT2D eigenvalue weighted by Crippen LogP contribution is -2.29. The van der Waals surface area contributed by atoms with Gasteiger partial charge in [0, 0.05) is 36.6 Å². The fourth-order valence-electron chi connectivity index (χ4n) is 2.34. The maximum Gasteiger partial charge on any atom is 0.146 e. The highest BCUT2D eigenvalue weighted by atomic mass is 35.5. The Bertz CT molecular complexity index is 658. The summed E-state index contributed by atoms with van der Waals surface area (Å²) in [6.45, 7) is 4.00. The van der Waals surface area contributed by atoms with Crippen molar-refractivity contribution in [2.45, 2.75) is 26.1 Å². The normalized spacial score (nSPS) is 12.7. The summed E-state index contributed by atoms with van der Waals surface area (Å²) in [6, 6.07) is 4.00. The van der Waals surface area contributed by atoms with E-state index in [4.69, 9.17) is 11.6 Å². The van der Waals surface area contributed by atoms with Crippen molar-refractivity contribution in [3.63, 3.8) is 0 Å². The molecule has 0 aliphatic carbocycles. The van der Waals surface area contributed by atoms with E-state index in [0.29, 0.717) is 10.7 Å². The van der Waals surface area contributed by atoms with Crippen molar-refractivity contribution in [2.24, 2.45) is 7.05 Å². The van der Waals surface area contributed by atoms with Crippen LogP contribution in [0.25, 0.3) is 11.1 Å². The molecule has 2 aromatic heterocycles. The minimum absolute atomic E-state index is 0.208. The lowest BCUT2D eigenvalue weighted by molar-refractivity contribution is -0.365. The molecule has 3 N–H and O–H groups in total. The molecule has 23 heavy (non-hydrogen) atoms. The Morgan fingerprint density at radius 3 is 2.78 bits per heavy atom. The van der Waals surface area contributed by atoms with Gasteiger partial charge in [-0.15, -0.1) is 6.61 Å². The quantitative estimate of drug-likeness (QED) is 0.667. The summed E-state index contributed by atoms with van der Waals surface area (Å²) in [5.41, 5.74) is 2.38. The highest BCUT2D eigenvalue weighted by Crippen LogP contribution is 2.31. The molecular formula is C16H22ClN4O2-. The van der Waals surface area contributed by atoms with E-state index in [1.807, 2.05) is 43.8 Å². The average Bonchev–Trinajstić information content (AvgIpc) is 2.88. The van der Waals surface area contributed by atoms with Gasteiger partial charge in [-0.3, -0.25) is 5.32 Å². The number of pyridine rings is 1. The molecule has 2 aromatic rings. The first-order valence-corrected chi connectivity index (χ1v) is 7.88. The summed E-state index contributed by atoms with van der Waals surface area (Å²) in [7, 11) is 1.84.